The summed E-state index contributed by atoms with van der Waals surface area (Å²) in [5.41, 5.74) is 4.49. The Morgan fingerprint density at radius 1 is 1.41 bits per heavy atom. The highest BCUT2D eigenvalue weighted by Crippen LogP contribution is 2.10. The summed E-state index contributed by atoms with van der Waals surface area (Å²) in [6.45, 7) is 0. The highest BCUT2D eigenvalue weighted by atomic mass is 17.2. The third-order valence-electron chi connectivity index (χ3n) is 1.73. The van der Waals surface area contributed by atoms with Crippen LogP contribution in [0.1, 0.15) is 12.8 Å². The van der Waals surface area contributed by atoms with E-state index in [9.17, 15) is 19.5 Å². The Hall–Kier alpha value is -1.93. The van der Waals surface area contributed by atoms with Crippen LogP contribution in [0.25, 0.3) is 0 Å². The first kappa shape index (κ1) is 15.1. The van der Waals surface area contributed by atoms with Crippen LogP contribution in [0.2, 0.25) is 0 Å². The highest BCUT2D eigenvalue weighted by molar-refractivity contribution is 5.94. The summed E-state index contributed by atoms with van der Waals surface area (Å²) in [5, 5.41) is 17.7. The number of carboxylic acid groups (broad SMARTS) is 1. The SMILES string of the molecule is COOC(=O)/C(N)=C(/C=O)CC(O)CC(=O)O. The Morgan fingerprint density at radius 3 is 2.41 bits per heavy atom. The summed E-state index contributed by atoms with van der Waals surface area (Å²) >= 11 is 0. The molecule has 0 radical (unpaired) electrons. The van der Waals surface area contributed by atoms with E-state index in [1.54, 1.807) is 0 Å². The summed E-state index contributed by atoms with van der Waals surface area (Å²) < 4.78 is 0. The van der Waals surface area contributed by atoms with E-state index in [0.29, 0.717) is 0 Å². The Kier molecular flexibility index (Phi) is 6.53. The largest absolute Gasteiger partial charge is 0.481 e. The second-order valence-corrected chi connectivity index (χ2v) is 3.05. The third-order valence-corrected chi connectivity index (χ3v) is 1.73. The van der Waals surface area contributed by atoms with Gasteiger partial charge >= 0.3 is 11.9 Å². The van der Waals surface area contributed by atoms with E-state index in [-0.39, 0.29) is 18.3 Å². The van der Waals surface area contributed by atoms with Gasteiger partial charge in [0, 0.05) is 12.0 Å². The molecule has 0 amide bonds. The van der Waals surface area contributed by atoms with Crippen molar-refractivity contribution in [1.29, 1.82) is 0 Å². The van der Waals surface area contributed by atoms with Crippen LogP contribution in [-0.2, 0) is 24.2 Å². The first-order chi connectivity index (χ1) is 7.92. The number of aliphatic hydroxyl groups excluding tert-OH is 1. The standard InChI is InChI=1S/C9H13NO7/c1-16-17-9(15)8(10)5(4-11)2-6(12)3-7(13)14/h4,6,12H,2-3,10H2,1H3,(H,13,14)/b8-5-. The van der Waals surface area contributed by atoms with Gasteiger partial charge in [-0.1, -0.05) is 0 Å². The van der Waals surface area contributed by atoms with Crippen molar-refractivity contribution in [3.8, 4) is 0 Å². The minimum Gasteiger partial charge on any atom is -0.481 e. The van der Waals surface area contributed by atoms with Crippen molar-refractivity contribution >= 4 is 18.2 Å². The number of hydrogen-bond donors (Lipinski definition) is 3. The number of rotatable bonds is 7. The van der Waals surface area contributed by atoms with Gasteiger partial charge in [-0.15, -0.1) is 0 Å². The molecule has 0 heterocycles. The van der Waals surface area contributed by atoms with Gasteiger partial charge in [0.25, 0.3) is 0 Å². The first-order valence-electron chi connectivity index (χ1n) is 4.51. The fraction of sp³-hybridized carbons (Fsp3) is 0.444. The molecule has 0 fully saturated rings. The average Bonchev–Trinajstić information content (AvgIpc) is 2.24. The van der Waals surface area contributed by atoms with E-state index in [0.717, 1.165) is 7.11 Å². The molecule has 0 aromatic carbocycles. The van der Waals surface area contributed by atoms with Gasteiger partial charge in [-0.3, -0.25) is 14.5 Å². The number of aliphatic hydroxyl groups is 1. The van der Waals surface area contributed by atoms with Gasteiger partial charge in [-0.05, 0) is 0 Å². The molecular formula is C9H13NO7. The van der Waals surface area contributed by atoms with Crippen LogP contribution in [0.4, 0.5) is 0 Å². The molecule has 8 nitrogen and oxygen atoms in total. The number of carbonyl (C=O) groups excluding carboxylic acids is 2. The van der Waals surface area contributed by atoms with Crippen molar-refractivity contribution in [3.63, 3.8) is 0 Å². The van der Waals surface area contributed by atoms with Gasteiger partial charge in [0.1, 0.15) is 12.0 Å². The molecule has 0 aliphatic rings. The second kappa shape index (κ2) is 7.36. The van der Waals surface area contributed by atoms with Crippen LogP contribution < -0.4 is 5.73 Å². The topological polar surface area (TPSA) is 136 Å². The zero-order valence-electron chi connectivity index (χ0n) is 9.08. The molecule has 96 valence electrons. The minimum absolute atomic E-state index is 0.247. The number of carbonyl (C=O) groups is 3. The van der Waals surface area contributed by atoms with Gasteiger partial charge < -0.3 is 15.9 Å². The Labute approximate surface area is 96.5 Å². The first-order valence-corrected chi connectivity index (χ1v) is 4.51. The number of aldehydes is 1. The zero-order chi connectivity index (χ0) is 13.4. The van der Waals surface area contributed by atoms with Crippen molar-refractivity contribution < 1.29 is 34.4 Å². The summed E-state index contributed by atoms with van der Waals surface area (Å²) in [5.74, 6) is -2.32. The maximum Gasteiger partial charge on any atom is 0.388 e. The van der Waals surface area contributed by atoms with E-state index in [4.69, 9.17) is 10.8 Å². The van der Waals surface area contributed by atoms with E-state index < -0.39 is 30.2 Å². The minimum atomic E-state index is -1.32. The molecule has 4 N–H and O–H groups in total. The Morgan fingerprint density at radius 2 is 2.00 bits per heavy atom. The number of aliphatic carboxylic acids is 1. The molecule has 0 aliphatic carbocycles. The Bertz CT molecular complexity index is 336. The summed E-state index contributed by atoms with van der Waals surface area (Å²) in [6.07, 6.45) is -2.00. The maximum atomic E-state index is 11.1. The van der Waals surface area contributed by atoms with Crippen LogP contribution >= 0.6 is 0 Å². The fourth-order valence-corrected chi connectivity index (χ4v) is 1.00. The lowest BCUT2D eigenvalue weighted by Gasteiger charge is -2.09. The Balaban J connectivity index is 4.70. The number of hydrogen-bond acceptors (Lipinski definition) is 7. The normalized spacial score (nSPS) is 13.5. The lowest BCUT2D eigenvalue weighted by Crippen LogP contribution is -2.21. The van der Waals surface area contributed by atoms with Gasteiger partial charge in [-0.2, -0.15) is 4.89 Å². The monoisotopic (exact) mass is 247 g/mol. The molecule has 1 atom stereocenters. The molecule has 1 unspecified atom stereocenters. The average molecular weight is 247 g/mol. The second-order valence-electron chi connectivity index (χ2n) is 3.05. The molecule has 0 bridgehead atoms. The number of carboxylic acids is 1. The van der Waals surface area contributed by atoms with Gasteiger partial charge in [-0.25, -0.2) is 4.79 Å². The van der Waals surface area contributed by atoms with Crippen molar-refractivity contribution in [3.05, 3.63) is 11.3 Å². The van der Waals surface area contributed by atoms with Gasteiger partial charge in [0.15, 0.2) is 0 Å². The van der Waals surface area contributed by atoms with Gasteiger partial charge in [0.2, 0.25) is 0 Å². The molecule has 0 aromatic heterocycles. The third kappa shape index (κ3) is 5.64. The van der Waals surface area contributed by atoms with E-state index in [2.05, 4.69) is 9.78 Å². The maximum absolute atomic E-state index is 11.1. The zero-order valence-corrected chi connectivity index (χ0v) is 9.08. The summed E-state index contributed by atoms with van der Waals surface area (Å²) in [6, 6.07) is 0. The molecule has 0 spiro atoms. The van der Waals surface area contributed by atoms with Crippen LogP contribution in [-0.4, -0.2) is 41.7 Å². The van der Waals surface area contributed by atoms with E-state index in [1.807, 2.05) is 0 Å². The van der Waals surface area contributed by atoms with E-state index >= 15 is 0 Å². The predicted molar refractivity (Wildman–Crippen MR) is 53.3 cm³/mol. The fourth-order valence-electron chi connectivity index (χ4n) is 1.00. The van der Waals surface area contributed by atoms with Crippen molar-refractivity contribution in [2.24, 2.45) is 5.73 Å². The van der Waals surface area contributed by atoms with Crippen molar-refractivity contribution in [1.82, 2.24) is 0 Å². The molecule has 0 saturated heterocycles. The van der Waals surface area contributed by atoms with Crippen molar-refractivity contribution in [2.75, 3.05) is 7.11 Å². The van der Waals surface area contributed by atoms with Crippen LogP contribution in [0.5, 0.6) is 0 Å². The lowest BCUT2D eigenvalue weighted by molar-refractivity contribution is -0.250. The predicted octanol–water partition coefficient (Wildman–Crippen LogP) is -1.27. The quantitative estimate of drug-likeness (QED) is 0.219. The molecule has 0 rings (SSSR count). The molecule has 0 aromatic rings. The molecular weight excluding hydrogens is 234 g/mol. The molecule has 0 aliphatic heterocycles. The lowest BCUT2D eigenvalue weighted by atomic mass is 10.1. The summed E-state index contributed by atoms with van der Waals surface area (Å²) in [4.78, 5) is 40.1. The molecule has 0 saturated carbocycles. The number of nitrogens with two attached hydrogens (primary N) is 1. The van der Waals surface area contributed by atoms with Crippen LogP contribution in [0, 0.1) is 0 Å². The van der Waals surface area contributed by atoms with Crippen LogP contribution in [0.15, 0.2) is 11.3 Å². The van der Waals surface area contributed by atoms with Gasteiger partial charge in [0.05, 0.1) is 19.6 Å². The smallest absolute Gasteiger partial charge is 0.388 e. The molecule has 8 heteroatoms. The molecule has 17 heavy (non-hydrogen) atoms. The summed E-state index contributed by atoms with van der Waals surface area (Å²) in [7, 11) is 1.07. The highest BCUT2D eigenvalue weighted by Gasteiger charge is 2.18. The van der Waals surface area contributed by atoms with E-state index in [1.165, 1.54) is 0 Å². The van der Waals surface area contributed by atoms with Crippen LogP contribution in [0.3, 0.4) is 0 Å². The van der Waals surface area contributed by atoms with Crippen molar-refractivity contribution in [2.45, 2.75) is 18.9 Å².